The average Bonchev–Trinajstić information content (AvgIpc) is 3.26. The molecule has 0 radical (unpaired) electrons. The maximum Gasteiger partial charge on any atom is 0.416 e. The molecule has 2 N–H and O–H groups in total. The lowest BCUT2D eigenvalue weighted by Gasteiger charge is -2.14. The van der Waals surface area contributed by atoms with Crippen LogP contribution in [-0.2, 0) is 20.8 Å². The first-order chi connectivity index (χ1) is 15.1. The highest BCUT2D eigenvalue weighted by molar-refractivity contribution is 7.91. The smallest absolute Gasteiger partial charge is 0.365 e. The SMILES string of the molecule is CCOCS(=O)(=O)c1ccc(-c2ccsc2)c(NC(=O)Nc2cccc(C(F)(F)F)c2)c1. The molecule has 0 aliphatic carbocycles. The van der Waals surface area contributed by atoms with E-state index in [0.29, 0.717) is 5.56 Å². The predicted molar refractivity (Wildman–Crippen MR) is 118 cm³/mol. The first-order valence-corrected chi connectivity index (χ1v) is 11.9. The Labute approximate surface area is 187 Å². The molecule has 0 bridgehead atoms. The number of anilines is 2. The predicted octanol–water partition coefficient (Wildman–Crippen LogP) is 5.85. The number of nitrogens with one attached hydrogen (secondary N) is 2. The van der Waals surface area contributed by atoms with E-state index in [2.05, 4.69) is 10.6 Å². The van der Waals surface area contributed by atoms with E-state index in [1.807, 2.05) is 10.8 Å². The van der Waals surface area contributed by atoms with E-state index in [0.717, 1.165) is 17.7 Å². The molecule has 1 heterocycles. The van der Waals surface area contributed by atoms with E-state index in [1.54, 1.807) is 19.1 Å². The molecule has 0 spiro atoms. The van der Waals surface area contributed by atoms with E-state index < -0.39 is 33.5 Å². The molecule has 0 saturated carbocycles. The molecule has 0 fully saturated rings. The molecule has 32 heavy (non-hydrogen) atoms. The summed E-state index contributed by atoms with van der Waals surface area (Å²) in [7, 11) is -3.76. The van der Waals surface area contributed by atoms with Crippen LogP contribution < -0.4 is 10.6 Å². The van der Waals surface area contributed by atoms with Crippen LogP contribution in [0, 0.1) is 0 Å². The van der Waals surface area contributed by atoms with Crippen molar-refractivity contribution in [1.29, 1.82) is 0 Å². The Morgan fingerprint density at radius 3 is 2.53 bits per heavy atom. The zero-order valence-corrected chi connectivity index (χ0v) is 18.4. The Morgan fingerprint density at radius 2 is 1.88 bits per heavy atom. The number of urea groups is 1. The lowest BCUT2D eigenvalue weighted by atomic mass is 10.1. The third kappa shape index (κ3) is 5.87. The van der Waals surface area contributed by atoms with Crippen LogP contribution in [0.25, 0.3) is 11.1 Å². The van der Waals surface area contributed by atoms with Crippen LogP contribution in [0.4, 0.5) is 29.3 Å². The number of rotatable bonds is 7. The topological polar surface area (TPSA) is 84.5 Å². The number of halogens is 3. The number of hydrogen-bond acceptors (Lipinski definition) is 5. The normalized spacial score (nSPS) is 11.9. The summed E-state index contributed by atoms with van der Waals surface area (Å²) in [6.07, 6.45) is -4.55. The fourth-order valence-corrected chi connectivity index (χ4v) is 4.56. The molecule has 2 amide bonds. The van der Waals surface area contributed by atoms with E-state index >= 15 is 0 Å². The maximum atomic E-state index is 12.9. The van der Waals surface area contributed by atoms with Gasteiger partial charge in [0.1, 0.15) is 0 Å². The van der Waals surface area contributed by atoms with Crippen molar-refractivity contribution in [2.75, 3.05) is 23.2 Å². The van der Waals surface area contributed by atoms with Crippen molar-refractivity contribution in [2.45, 2.75) is 18.0 Å². The number of thiophene rings is 1. The first kappa shape index (κ1) is 23.8. The van der Waals surface area contributed by atoms with Crippen molar-refractivity contribution in [3.8, 4) is 11.1 Å². The van der Waals surface area contributed by atoms with Crippen LogP contribution in [0.2, 0.25) is 0 Å². The number of carbonyl (C=O) groups is 1. The number of alkyl halides is 3. The van der Waals surface area contributed by atoms with Crippen LogP contribution in [0.15, 0.2) is 64.2 Å². The standard InChI is InChI=1S/C21H19F3N2O4S2/c1-2-30-13-32(28,29)17-6-7-18(14-8-9-31-12-14)19(11-17)26-20(27)25-16-5-3-4-15(10-16)21(22,23)24/h3-12H,2,13H2,1H3,(H2,25,26,27). The highest BCUT2D eigenvalue weighted by Gasteiger charge is 2.30. The summed E-state index contributed by atoms with van der Waals surface area (Å²) in [6, 6.07) is 9.44. The van der Waals surface area contributed by atoms with Gasteiger partial charge < -0.3 is 15.4 Å². The number of amides is 2. The Hall–Kier alpha value is -2.89. The third-order valence-corrected chi connectivity index (χ3v) is 6.45. The molecule has 170 valence electrons. The lowest BCUT2D eigenvalue weighted by molar-refractivity contribution is -0.137. The number of sulfone groups is 1. The molecule has 11 heteroatoms. The van der Waals surface area contributed by atoms with Crippen molar-refractivity contribution in [1.82, 2.24) is 0 Å². The minimum Gasteiger partial charge on any atom is -0.365 e. The van der Waals surface area contributed by atoms with Crippen molar-refractivity contribution < 1.29 is 31.1 Å². The highest BCUT2D eigenvalue weighted by atomic mass is 32.2. The van der Waals surface area contributed by atoms with Gasteiger partial charge in [-0.15, -0.1) is 0 Å². The third-order valence-electron chi connectivity index (χ3n) is 4.32. The Bertz CT molecular complexity index is 1190. The van der Waals surface area contributed by atoms with Gasteiger partial charge >= 0.3 is 12.2 Å². The van der Waals surface area contributed by atoms with E-state index in [4.69, 9.17) is 4.74 Å². The van der Waals surface area contributed by atoms with Crippen molar-refractivity contribution in [3.05, 3.63) is 64.9 Å². The molecule has 0 aliphatic rings. The summed E-state index contributed by atoms with van der Waals surface area (Å²) in [5.41, 5.74) is 0.525. The fourth-order valence-electron chi connectivity index (χ4n) is 2.81. The van der Waals surface area contributed by atoms with Gasteiger partial charge in [0, 0.05) is 17.9 Å². The van der Waals surface area contributed by atoms with Crippen molar-refractivity contribution in [2.24, 2.45) is 0 Å². The van der Waals surface area contributed by atoms with E-state index in [1.165, 1.54) is 35.6 Å². The summed E-state index contributed by atoms with van der Waals surface area (Å²) < 4.78 is 68.7. The van der Waals surface area contributed by atoms with Crippen molar-refractivity contribution in [3.63, 3.8) is 0 Å². The van der Waals surface area contributed by atoms with Gasteiger partial charge in [0.2, 0.25) is 9.84 Å². The Balaban J connectivity index is 1.90. The number of ether oxygens (including phenoxy) is 1. The van der Waals surface area contributed by atoms with Crippen LogP contribution in [0.5, 0.6) is 0 Å². The van der Waals surface area contributed by atoms with Crippen LogP contribution in [0.1, 0.15) is 12.5 Å². The van der Waals surface area contributed by atoms with Gasteiger partial charge in [0.15, 0.2) is 5.94 Å². The average molecular weight is 485 g/mol. The molecular weight excluding hydrogens is 465 g/mol. The van der Waals surface area contributed by atoms with Gasteiger partial charge in [-0.3, -0.25) is 0 Å². The molecule has 0 atom stereocenters. The van der Waals surface area contributed by atoms with Crippen molar-refractivity contribution >= 4 is 38.6 Å². The lowest BCUT2D eigenvalue weighted by Crippen LogP contribution is -2.20. The molecule has 3 aromatic rings. The van der Waals surface area contributed by atoms with Gasteiger partial charge in [-0.25, -0.2) is 13.2 Å². The number of benzene rings is 2. The largest absolute Gasteiger partial charge is 0.416 e. The van der Waals surface area contributed by atoms with Crippen LogP contribution in [-0.4, -0.2) is 27.0 Å². The number of carbonyl (C=O) groups excluding carboxylic acids is 1. The fraction of sp³-hybridized carbons (Fsp3) is 0.190. The van der Waals surface area contributed by atoms with Crippen LogP contribution >= 0.6 is 11.3 Å². The van der Waals surface area contributed by atoms with E-state index in [9.17, 15) is 26.4 Å². The van der Waals surface area contributed by atoms with Crippen LogP contribution in [0.3, 0.4) is 0 Å². The zero-order valence-electron chi connectivity index (χ0n) is 16.8. The van der Waals surface area contributed by atoms with Gasteiger partial charge in [0.25, 0.3) is 0 Å². The Kier molecular flexibility index (Phi) is 7.22. The molecule has 2 aromatic carbocycles. The molecule has 0 saturated heterocycles. The summed E-state index contributed by atoms with van der Waals surface area (Å²) in [6.45, 7) is 1.89. The summed E-state index contributed by atoms with van der Waals surface area (Å²) in [5, 5.41) is 8.53. The molecule has 6 nitrogen and oxygen atoms in total. The molecular formula is C21H19F3N2O4S2. The maximum absolute atomic E-state index is 12.9. The quantitative estimate of drug-likeness (QED) is 0.441. The molecule has 0 unspecified atom stereocenters. The summed E-state index contributed by atoms with van der Waals surface area (Å²) in [4.78, 5) is 12.5. The number of hydrogen-bond donors (Lipinski definition) is 2. The second-order valence-corrected chi connectivity index (χ2v) is 9.32. The van der Waals surface area contributed by atoms with E-state index in [-0.39, 0.29) is 22.9 Å². The van der Waals surface area contributed by atoms with Gasteiger partial charge in [-0.05, 0) is 59.6 Å². The summed E-state index contributed by atoms with van der Waals surface area (Å²) >= 11 is 1.42. The minimum absolute atomic E-state index is 0.0562. The summed E-state index contributed by atoms with van der Waals surface area (Å²) in [5.74, 6) is -0.517. The minimum atomic E-state index is -4.55. The Morgan fingerprint density at radius 1 is 1.09 bits per heavy atom. The van der Waals surface area contributed by atoms with Gasteiger partial charge in [-0.2, -0.15) is 24.5 Å². The molecule has 0 aliphatic heterocycles. The highest BCUT2D eigenvalue weighted by Crippen LogP contribution is 2.33. The monoisotopic (exact) mass is 484 g/mol. The molecule has 1 aromatic heterocycles. The molecule has 3 rings (SSSR count). The first-order valence-electron chi connectivity index (χ1n) is 9.32. The second kappa shape index (κ2) is 9.72. The zero-order chi connectivity index (χ0) is 23.4. The second-order valence-electron chi connectivity index (χ2n) is 6.60. The van der Waals surface area contributed by atoms with Gasteiger partial charge in [0.05, 0.1) is 16.1 Å². The van der Waals surface area contributed by atoms with Gasteiger partial charge in [-0.1, -0.05) is 12.1 Å².